The first kappa shape index (κ1) is 17.6. The molecule has 2 aliphatic rings. The summed E-state index contributed by atoms with van der Waals surface area (Å²) >= 11 is 0. The number of rotatable bonds is 5. The second-order valence-corrected chi connectivity index (χ2v) is 8.78. The van der Waals surface area contributed by atoms with Crippen LogP contribution in [0.4, 0.5) is 5.82 Å². The van der Waals surface area contributed by atoms with E-state index >= 15 is 0 Å². The van der Waals surface area contributed by atoms with Gasteiger partial charge in [0.05, 0.1) is 17.1 Å². The number of carbonyl (C=O) groups is 1. The van der Waals surface area contributed by atoms with Gasteiger partial charge >= 0.3 is 0 Å². The number of carbonyl (C=O) groups excluding carboxylic acids is 1. The van der Waals surface area contributed by atoms with E-state index in [0.29, 0.717) is 35.8 Å². The number of nitrogens with one attached hydrogen (secondary N) is 2. The number of sulfone groups is 1. The maximum absolute atomic E-state index is 12.3. The number of anilines is 1. The lowest BCUT2D eigenvalue weighted by molar-refractivity contribution is 0.0950. The maximum Gasteiger partial charge on any atom is 0.253 e. The number of hydrogen-bond donors (Lipinski definition) is 2. The van der Waals surface area contributed by atoms with E-state index in [1.165, 1.54) is 6.20 Å². The molecule has 2 aliphatic heterocycles. The molecule has 1 fully saturated rings. The summed E-state index contributed by atoms with van der Waals surface area (Å²) in [6.45, 7) is 0.569. The maximum atomic E-state index is 12.3. The van der Waals surface area contributed by atoms with Gasteiger partial charge in [-0.05, 0) is 36.2 Å². The minimum Gasteiger partial charge on any atom is -0.454 e. The highest BCUT2D eigenvalue weighted by Crippen LogP contribution is 2.32. The summed E-state index contributed by atoms with van der Waals surface area (Å²) < 4.78 is 33.6. The molecule has 0 saturated carbocycles. The third kappa shape index (κ3) is 4.13. The van der Waals surface area contributed by atoms with Crippen molar-refractivity contribution in [1.82, 2.24) is 10.3 Å². The number of pyridine rings is 1. The van der Waals surface area contributed by atoms with E-state index in [2.05, 4.69) is 15.6 Å². The van der Waals surface area contributed by atoms with Gasteiger partial charge in [-0.25, -0.2) is 13.4 Å². The standard InChI is InChI=1S/C18H19N3O5S/c22-18(20-8-12-1-3-15-16(7-12)26-11-25-15)13-2-4-17(19-9-13)21-14-5-6-27(23,24)10-14/h1-4,7,9,14H,5-6,8,10-11H2,(H,19,21)(H,20,22). The average Bonchev–Trinajstić information content (AvgIpc) is 3.25. The number of fused-ring (bicyclic) bond motifs is 1. The van der Waals surface area contributed by atoms with E-state index in [9.17, 15) is 13.2 Å². The van der Waals surface area contributed by atoms with Crippen molar-refractivity contribution in [3.8, 4) is 11.5 Å². The quantitative estimate of drug-likeness (QED) is 0.795. The number of benzene rings is 1. The SMILES string of the molecule is O=C(NCc1ccc2c(c1)OCO2)c1ccc(NC2CCS(=O)(=O)C2)nc1. The number of amides is 1. The smallest absolute Gasteiger partial charge is 0.253 e. The van der Waals surface area contributed by atoms with Crippen LogP contribution in [0.5, 0.6) is 11.5 Å². The van der Waals surface area contributed by atoms with Crippen LogP contribution in [0.15, 0.2) is 36.5 Å². The fourth-order valence-corrected chi connectivity index (χ4v) is 4.74. The summed E-state index contributed by atoms with van der Waals surface area (Å²) in [5.41, 5.74) is 1.33. The lowest BCUT2D eigenvalue weighted by Crippen LogP contribution is -2.24. The van der Waals surface area contributed by atoms with Gasteiger partial charge in [0, 0.05) is 18.8 Å². The molecule has 3 heterocycles. The van der Waals surface area contributed by atoms with E-state index in [0.717, 1.165) is 5.56 Å². The normalized spacial score (nSPS) is 19.6. The lowest BCUT2D eigenvalue weighted by Gasteiger charge is -2.12. The first-order valence-corrected chi connectivity index (χ1v) is 10.4. The van der Waals surface area contributed by atoms with E-state index in [1.807, 2.05) is 18.2 Å². The molecule has 1 atom stereocenters. The topological polar surface area (TPSA) is 107 Å². The Morgan fingerprint density at radius 2 is 2.04 bits per heavy atom. The lowest BCUT2D eigenvalue weighted by atomic mass is 10.2. The molecule has 0 radical (unpaired) electrons. The van der Waals surface area contributed by atoms with Gasteiger partial charge in [-0.1, -0.05) is 6.07 Å². The molecule has 8 nitrogen and oxygen atoms in total. The van der Waals surface area contributed by atoms with Crippen molar-refractivity contribution in [2.24, 2.45) is 0 Å². The third-order valence-electron chi connectivity index (χ3n) is 4.50. The van der Waals surface area contributed by atoms with E-state index in [-0.39, 0.29) is 30.2 Å². The second-order valence-electron chi connectivity index (χ2n) is 6.55. The van der Waals surface area contributed by atoms with Crippen molar-refractivity contribution in [2.75, 3.05) is 23.6 Å². The van der Waals surface area contributed by atoms with Crippen LogP contribution in [0, 0.1) is 0 Å². The van der Waals surface area contributed by atoms with Gasteiger partial charge in [0.15, 0.2) is 21.3 Å². The van der Waals surface area contributed by atoms with Gasteiger partial charge < -0.3 is 20.1 Å². The van der Waals surface area contributed by atoms with Gasteiger partial charge in [-0.3, -0.25) is 4.79 Å². The number of aromatic nitrogens is 1. The molecule has 9 heteroatoms. The fraction of sp³-hybridized carbons (Fsp3) is 0.333. The Morgan fingerprint density at radius 1 is 1.19 bits per heavy atom. The zero-order valence-electron chi connectivity index (χ0n) is 14.5. The van der Waals surface area contributed by atoms with Crippen LogP contribution >= 0.6 is 0 Å². The van der Waals surface area contributed by atoms with Crippen LogP contribution in [0.25, 0.3) is 0 Å². The monoisotopic (exact) mass is 389 g/mol. The number of ether oxygens (including phenoxy) is 2. The highest BCUT2D eigenvalue weighted by atomic mass is 32.2. The highest BCUT2D eigenvalue weighted by molar-refractivity contribution is 7.91. The third-order valence-corrected chi connectivity index (χ3v) is 6.27. The summed E-state index contributed by atoms with van der Waals surface area (Å²) in [7, 11) is -2.95. The Bertz CT molecular complexity index is 959. The Kier molecular flexibility index (Phi) is 4.61. The van der Waals surface area contributed by atoms with Crippen LogP contribution in [0.3, 0.4) is 0 Å². The number of nitrogens with zero attached hydrogens (tertiary/aromatic N) is 1. The van der Waals surface area contributed by atoms with Crippen molar-refractivity contribution in [1.29, 1.82) is 0 Å². The predicted octanol–water partition coefficient (Wildman–Crippen LogP) is 1.34. The molecule has 1 aromatic carbocycles. The first-order chi connectivity index (χ1) is 13.0. The molecule has 1 amide bonds. The molecule has 1 aromatic heterocycles. The van der Waals surface area contributed by atoms with Gasteiger partial charge in [0.2, 0.25) is 6.79 Å². The largest absolute Gasteiger partial charge is 0.454 e. The molecule has 0 aliphatic carbocycles. The Hall–Kier alpha value is -2.81. The van der Waals surface area contributed by atoms with Gasteiger partial charge in [0.1, 0.15) is 5.82 Å². The average molecular weight is 389 g/mol. The Balaban J connectivity index is 1.32. The molecule has 2 aromatic rings. The van der Waals surface area contributed by atoms with Crippen LogP contribution in [0.1, 0.15) is 22.3 Å². The fourth-order valence-electron chi connectivity index (χ4n) is 3.07. The molecule has 0 spiro atoms. The van der Waals surface area contributed by atoms with Gasteiger partial charge in [-0.15, -0.1) is 0 Å². The van der Waals surface area contributed by atoms with E-state index in [1.54, 1.807) is 12.1 Å². The van der Waals surface area contributed by atoms with E-state index in [4.69, 9.17) is 9.47 Å². The van der Waals surface area contributed by atoms with Gasteiger partial charge in [-0.2, -0.15) is 0 Å². The zero-order valence-corrected chi connectivity index (χ0v) is 15.3. The van der Waals surface area contributed by atoms with E-state index < -0.39 is 9.84 Å². The second kappa shape index (κ2) is 7.07. The molecule has 1 saturated heterocycles. The summed E-state index contributed by atoms with van der Waals surface area (Å²) in [6, 6.07) is 8.73. The molecular formula is C18H19N3O5S. The van der Waals surface area contributed by atoms with Crippen molar-refractivity contribution < 1.29 is 22.7 Å². The first-order valence-electron chi connectivity index (χ1n) is 8.58. The minimum absolute atomic E-state index is 0.118. The molecular weight excluding hydrogens is 370 g/mol. The van der Waals surface area contributed by atoms with Crippen LogP contribution in [0.2, 0.25) is 0 Å². The van der Waals surface area contributed by atoms with Crippen molar-refractivity contribution >= 4 is 21.6 Å². The molecule has 142 valence electrons. The van der Waals surface area contributed by atoms with Gasteiger partial charge in [0.25, 0.3) is 5.91 Å². The molecule has 4 rings (SSSR count). The van der Waals surface area contributed by atoms with Crippen molar-refractivity contribution in [3.05, 3.63) is 47.7 Å². The van der Waals surface area contributed by atoms with Crippen LogP contribution in [-0.4, -0.2) is 43.6 Å². The Morgan fingerprint density at radius 3 is 2.78 bits per heavy atom. The summed E-state index contributed by atoms with van der Waals surface area (Å²) in [5.74, 6) is 2.01. The van der Waals surface area contributed by atoms with Crippen LogP contribution in [-0.2, 0) is 16.4 Å². The molecule has 27 heavy (non-hydrogen) atoms. The zero-order chi connectivity index (χ0) is 18.9. The summed E-state index contributed by atoms with van der Waals surface area (Å²) in [6.07, 6.45) is 2.04. The molecule has 0 bridgehead atoms. The minimum atomic E-state index is -2.95. The predicted molar refractivity (Wildman–Crippen MR) is 98.7 cm³/mol. The van der Waals surface area contributed by atoms with Crippen LogP contribution < -0.4 is 20.1 Å². The number of hydrogen-bond acceptors (Lipinski definition) is 7. The summed E-state index contributed by atoms with van der Waals surface area (Å²) in [5, 5.41) is 5.93. The Labute approximate surface area is 156 Å². The van der Waals surface area contributed by atoms with Crippen molar-refractivity contribution in [2.45, 2.75) is 19.0 Å². The molecule has 2 N–H and O–H groups in total. The highest BCUT2D eigenvalue weighted by Gasteiger charge is 2.27. The summed E-state index contributed by atoms with van der Waals surface area (Å²) in [4.78, 5) is 16.5. The molecule has 1 unspecified atom stereocenters. The van der Waals surface area contributed by atoms with Crippen molar-refractivity contribution in [3.63, 3.8) is 0 Å².